The maximum Gasteiger partial charge on any atom is 0.196 e. The lowest BCUT2D eigenvalue weighted by Gasteiger charge is -2.04. The van der Waals surface area contributed by atoms with Crippen molar-refractivity contribution in [2.45, 2.75) is 6.92 Å². The van der Waals surface area contributed by atoms with E-state index in [1.54, 1.807) is 0 Å². The predicted octanol–water partition coefficient (Wildman–Crippen LogP) is 4.48. The van der Waals surface area contributed by atoms with E-state index in [2.05, 4.69) is 15.9 Å². The van der Waals surface area contributed by atoms with Crippen LogP contribution in [-0.4, -0.2) is 10.4 Å². The van der Waals surface area contributed by atoms with Crippen LogP contribution in [0.1, 0.15) is 21.5 Å². The minimum atomic E-state index is 0.0531. The highest BCUT2D eigenvalue weighted by molar-refractivity contribution is 9.10. The molecule has 0 aliphatic carbocycles. The van der Waals surface area contributed by atoms with Crippen molar-refractivity contribution in [2.75, 3.05) is 0 Å². The number of halogens is 1. The molecular formula is C17H14BrNO. The first-order valence-corrected chi connectivity index (χ1v) is 7.22. The van der Waals surface area contributed by atoms with Gasteiger partial charge in [-0.25, -0.2) is 0 Å². The molecule has 1 heterocycles. The highest BCUT2D eigenvalue weighted by Crippen LogP contribution is 2.26. The SMILES string of the molecule is Cc1ccc(Br)c(C(=O)c2cn(C)c3ccccc23)c1. The van der Waals surface area contributed by atoms with Crippen molar-refractivity contribution in [1.29, 1.82) is 0 Å². The third kappa shape index (κ3) is 2.08. The van der Waals surface area contributed by atoms with E-state index >= 15 is 0 Å². The quantitative estimate of drug-likeness (QED) is 0.636. The molecule has 0 amide bonds. The topological polar surface area (TPSA) is 22.0 Å². The van der Waals surface area contributed by atoms with E-state index in [1.807, 2.05) is 67.2 Å². The average molecular weight is 328 g/mol. The standard InChI is InChI=1S/C17H14BrNO/c1-11-7-8-15(18)13(9-11)17(20)14-10-19(2)16-6-4-3-5-12(14)16/h3-10H,1-2H3. The van der Waals surface area contributed by atoms with Crippen LogP contribution in [0, 0.1) is 6.92 Å². The van der Waals surface area contributed by atoms with Crippen LogP contribution in [0.25, 0.3) is 10.9 Å². The van der Waals surface area contributed by atoms with Crippen molar-refractivity contribution in [1.82, 2.24) is 4.57 Å². The number of fused-ring (bicyclic) bond motifs is 1. The Labute approximate surface area is 126 Å². The predicted molar refractivity (Wildman–Crippen MR) is 85.2 cm³/mol. The van der Waals surface area contributed by atoms with Gasteiger partial charge in [0, 0.05) is 39.7 Å². The van der Waals surface area contributed by atoms with Crippen molar-refractivity contribution in [3.05, 3.63) is 69.8 Å². The number of nitrogens with zero attached hydrogens (tertiary/aromatic N) is 1. The molecule has 0 atom stereocenters. The Hall–Kier alpha value is -1.87. The maximum atomic E-state index is 12.8. The molecular weight excluding hydrogens is 314 g/mol. The number of benzene rings is 2. The number of aryl methyl sites for hydroxylation is 2. The van der Waals surface area contributed by atoms with Crippen molar-refractivity contribution in [3.63, 3.8) is 0 Å². The van der Waals surface area contributed by atoms with Crippen LogP contribution in [0.15, 0.2) is 53.1 Å². The van der Waals surface area contributed by atoms with Crippen LogP contribution in [0.3, 0.4) is 0 Å². The van der Waals surface area contributed by atoms with Gasteiger partial charge in [-0.3, -0.25) is 4.79 Å². The summed E-state index contributed by atoms with van der Waals surface area (Å²) in [7, 11) is 1.96. The van der Waals surface area contributed by atoms with E-state index in [1.165, 1.54) is 0 Å². The second-order valence-corrected chi connectivity index (χ2v) is 5.84. The molecule has 0 aliphatic heterocycles. The van der Waals surface area contributed by atoms with Crippen LogP contribution in [0.5, 0.6) is 0 Å². The zero-order valence-electron chi connectivity index (χ0n) is 11.4. The van der Waals surface area contributed by atoms with Crippen molar-refractivity contribution < 1.29 is 4.79 Å². The second kappa shape index (κ2) is 4.91. The second-order valence-electron chi connectivity index (χ2n) is 4.98. The number of hydrogen-bond donors (Lipinski definition) is 0. The summed E-state index contributed by atoms with van der Waals surface area (Å²) in [6, 6.07) is 13.8. The molecule has 0 N–H and O–H groups in total. The Balaban J connectivity index is 2.20. The lowest BCUT2D eigenvalue weighted by molar-refractivity contribution is 0.103. The van der Waals surface area contributed by atoms with Gasteiger partial charge in [-0.1, -0.05) is 45.8 Å². The summed E-state index contributed by atoms with van der Waals surface area (Å²) in [4.78, 5) is 12.8. The maximum absolute atomic E-state index is 12.8. The summed E-state index contributed by atoms with van der Waals surface area (Å²) in [6.07, 6.45) is 1.90. The molecule has 0 unspecified atom stereocenters. The summed E-state index contributed by atoms with van der Waals surface area (Å²) in [5, 5.41) is 0.994. The van der Waals surface area contributed by atoms with E-state index in [4.69, 9.17) is 0 Å². The molecule has 20 heavy (non-hydrogen) atoms. The fraction of sp³-hybridized carbons (Fsp3) is 0.118. The molecule has 3 rings (SSSR count). The molecule has 0 saturated heterocycles. The average Bonchev–Trinajstić information content (AvgIpc) is 2.79. The van der Waals surface area contributed by atoms with Gasteiger partial charge >= 0.3 is 0 Å². The van der Waals surface area contributed by atoms with E-state index in [9.17, 15) is 4.79 Å². The first kappa shape index (κ1) is 13.1. The number of hydrogen-bond acceptors (Lipinski definition) is 1. The third-order valence-electron chi connectivity index (χ3n) is 3.51. The van der Waals surface area contributed by atoms with Crippen LogP contribution in [0.2, 0.25) is 0 Å². The number of para-hydroxylation sites is 1. The first-order chi connectivity index (χ1) is 9.58. The van der Waals surface area contributed by atoms with Crippen molar-refractivity contribution in [3.8, 4) is 0 Å². The van der Waals surface area contributed by atoms with Gasteiger partial charge in [-0.15, -0.1) is 0 Å². The minimum absolute atomic E-state index is 0.0531. The summed E-state index contributed by atoms with van der Waals surface area (Å²) in [5.41, 5.74) is 3.60. The lowest BCUT2D eigenvalue weighted by atomic mass is 10.0. The van der Waals surface area contributed by atoms with Crippen LogP contribution >= 0.6 is 15.9 Å². The number of ketones is 1. The van der Waals surface area contributed by atoms with Gasteiger partial charge in [0.1, 0.15) is 0 Å². The fourth-order valence-electron chi connectivity index (χ4n) is 2.48. The first-order valence-electron chi connectivity index (χ1n) is 6.43. The molecule has 0 saturated carbocycles. The van der Waals surface area contributed by atoms with E-state index in [0.717, 1.165) is 26.5 Å². The number of rotatable bonds is 2. The molecule has 0 aliphatic rings. The fourth-order valence-corrected chi connectivity index (χ4v) is 2.91. The zero-order valence-corrected chi connectivity index (χ0v) is 12.9. The van der Waals surface area contributed by atoms with Gasteiger partial charge in [-0.05, 0) is 25.1 Å². The molecule has 0 bridgehead atoms. The Kier molecular flexibility index (Phi) is 3.22. The van der Waals surface area contributed by atoms with Gasteiger partial charge in [-0.2, -0.15) is 0 Å². The molecule has 2 aromatic carbocycles. The molecule has 0 spiro atoms. The normalized spacial score (nSPS) is 10.9. The Morgan fingerprint density at radius 2 is 1.85 bits per heavy atom. The molecule has 100 valence electrons. The van der Waals surface area contributed by atoms with Gasteiger partial charge in [0.25, 0.3) is 0 Å². The molecule has 3 heteroatoms. The monoisotopic (exact) mass is 327 g/mol. The smallest absolute Gasteiger partial charge is 0.196 e. The van der Waals surface area contributed by atoms with Gasteiger partial charge in [0.05, 0.1) is 0 Å². The largest absolute Gasteiger partial charge is 0.350 e. The minimum Gasteiger partial charge on any atom is -0.350 e. The Morgan fingerprint density at radius 3 is 2.65 bits per heavy atom. The van der Waals surface area contributed by atoms with Gasteiger partial charge in [0.15, 0.2) is 5.78 Å². The van der Waals surface area contributed by atoms with E-state index in [-0.39, 0.29) is 5.78 Å². The Bertz CT molecular complexity index is 817. The van der Waals surface area contributed by atoms with E-state index < -0.39 is 0 Å². The number of carbonyl (C=O) groups excluding carboxylic acids is 1. The van der Waals surface area contributed by atoms with Gasteiger partial charge in [0.2, 0.25) is 0 Å². The van der Waals surface area contributed by atoms with Crippen molar-refractivity contribution in [2.24, 2.45) is 7.05 Å². The summed E-state index contributed by atoms with van der Waals surface area (Å²) >= 11 is 3.47. The molecule has 3 aromatic rings. The van der Waals surface area contributed by atoms with Gasteiger partial charge < -0.3 is 4.57 Å². The summed E-state index contributed by atoms with van der Waals surface area (Å²) in [6.45, 7) is 1.99. The summed E-state index contributed by atoms with van der Waals surface area (Å²) < 4.78 is 2.83. The lowest BCUT2D eigenvalue weighted by Crippen LogP contribution is -2.02. The highest BCUT2D eigenvalue weighted by Gasteiger charge is 2.17. The zero-order chi connectivity index (χ0) is 14.3. The number of aromatic nitrogens is 1. The van der Waals surface area contributed by atoms with Crippen LogP contribution in [0.4, 0.5) is 0 Å². The molecule has 0 radical (unpaired) electrons. The molecule has 0 fully saturated rings. The molecule has 2 nitrogen and oxygen atoms in total. The van der Waals surface area contributed by atoms with Crippen molar-refractivity contribution >= 4 is 32.6 Å². The third-order valence-corrected chi connectivity index (χ3v) is 4.20. The highest BCUT2D eigenvalue weighted by atomic mass is 79.9. The molecule has 1 aromatic heterocycles. The van der Waals surface area contributed by atoms with E-state index in [0.29, 0.717) is 5.56 Å². The van der Waals surface area contributed by atoms with Crippen LogP contribution in [-0.2, 0) is 7.05 Å². The Morgan fingerprint density at radius 1 is 1.10 bits per heavy atom. The number of carbonyl (C=O) groups is 1. The summed E-state index contributed by atoms with van der Waals surface area (Å²) in [5.74, 6) is 0.0531. The van der Waals surface area contributed by atoms with Crippen LogP contribution < -0.4 is 0 Å².